The van der Waals surface area contributed by atoms with E-state index in [1.54, 1.807) is 30.3 Å². The van der Waals surface area contributed by atoms with Gasteiger partial charge in [-0.25, -0.2) is 17.8 Å². The molecule has 6 aromatic rings. The van der Waals surface area contributed by atoms with Crippen LogP contribution in [0.5, 0.6) is 0 Å². The number of amides is 1. The molecule has 1 aliphatic rings. The van der Waals surface area contributed by atoms with Crippen molar-refractivity contribution in [1.29, 1.82) is 0 Å². The van der Waals surface area contributed by atoms with Gasteiger partial charge in [0.25, 0.3) is 5.91 Å². The first-order chi connectivity index (χ1) is 22.2. The summed E-state index contributed by atoms with van der Waals surface area (Å²) in [5.74, 6) is -0.383. The van der Waals surface area contributed by atoms with E-state index in [1.807, 2.05) is 41.3 Å². The third-order valence-corrected chi connectivity index (χ3v) is 11.1. The SMILES string of the molecule is O=C(Nc1ccc2oc(-c3cccc4c(Br)cccc34)nc2c1)c1ccc(Cl)c(S(=O)(=O)N2CCN(c3ccc(F)cc3)CC2)c1. The standard InChI is InChI=1S/C34H25BrClFN4O4S/c35-28-6-2-3-25-26(28)4-1-5-27(25)34-39-30-20-23(10-14-31(30)45-34)38-33(42)21-7-13-29(36)32(19-21)46(43,44)41-17-15-40(16-18-41)24-11-8-22(37)9-12-24/h1-14,19-20H,15-18H2,(H,38,42). The van der Waals surface area contributed by atoms with Crippen molar-refractivity contribution in [1.82, 2.24) is 9.29 Å². The molecule has 1 aromatic heterocycles. The van der Waals surface area contributed by atoms with Gasteiger partial charge in [-0.15, -0.1) is 0 Å². The zero-order valence-electron chi connectivity index (χ0n) is 24.1. The molecule has 2 heterocycles. The van der Waals surface area contributed by atoms with Gasteiger partial charge in [0.15, 0.2) is 5.58 Å². The maximum atomic E-state index is 13.6. The van der Waals surface area contributed by atoms with Crippen molar-refractivity contribution in [3.63, 3.8) is 0 Å². The first kappa shape index (κ1) is 30.4. The quantitative estimate of drug-likeness (QED) is 0.188. The molecule has 0 radical (unpaired) electrons. The number of hydrogen-bond donors (Lipinski definition) is 1. The van der Waals surface area contributed by atoms with E-state index in [1.165, 1.54) is 34.6 Å². The number of carbonyl (C=O) groups excluding carboxylic acids is 1. The number of fused-ring (bicyclic) bond motifs is 2. The second-order valence-electron chi connectivity index (χ2n) is 10.8. The minimum atomic E-state index is -4.00. The Morgan fingerprint density at radius 2 is 1.63 bits per heavy atom. The van der Waals surface area contributed by atoms with Crippen molar-refractivity contribution < 1.29 is 22.0 Å². The highest BCUT2D eigenvalue weighted by molar-refractivity contribution is 9.10. The summed E-state index contributed by atoms with van der Waals surface area (Å²) in [4.78, 5) is 19.8. The van der Waals surface area contributed by atoms with Crippen molar-refractivity contribution in [2.24, 2.45) is 0 Å². The highest BCUT2D eigenvalue weighted by Crippen LogP contribution is 2.34. The Kier molecular flexibility index (Phi) is 8.02. The Morgan fingerprint density at radius 3 is 2.41 bits per heavy atom. The summed E-state index contributed by atoms with van der Waals surface area (Å²) < 4.78 is 48.9. The summed E-state index contributed by atoms with van der Waals surface area (Å²) in [6, 6.07) is 27.2. The number of anilines is 2. The van der Waals surface area contributed by atoms with Gasteiger partial charge in [0, 0.05) is 53.2 Å². The molecule has 232 valence electrons. The summed E-state index contributed by atoms with van der Waals surface area (Å²) >= 11 is 9.96. The summed E-state index contributed by atoms with van der Waals surface area (Å²) in [5.41, 5.74) is 3.37. The maximum absolute atomic E-state index is 13.6. The van der Waals surface area contributed by atoms with Crippen LogP contribution >= 0.6 is 27.5 Å². The van der Waals surface area contributed by atoms with Gasteiger partial charge in [0.2, 0.25) is 15.9 Å². The van der Waals surface area contributed by atoms with Gasteiger partial charge in [-0.2, -0.15) is 4.31 Å². The van der Waals surface area contributed by atoms with Crippen LogP contribution in [0.3, 0.4) is 0 Å². The number of nitrogens with one attached hydrogen (secondary N) is 1. The lowest BCUT2D eigenvalue weighted by Crippen LogP contribution is -2.48. The normalized spacial score (nSPS) is 14.2. The molecule has 1 fully saturated rings. The summed E-state index contributed by atoms with van der Waals surface area (Å²) in [5, 5.41) is 4.87. The van der Waals surface area contributed by atoms with Crippen LogP contribution in [0.15, 0.2) is 111 Å². The van der Waals surface area contributed by atoms with Gasteiger partial charge in [0.05, 0.1) is 5.02 Å². The van der Waals surface area contributed by atoms with Crippen molar-refractivity contribution in [2.75, 3.05) is 36.4 Å². The van der Waals surface area contributed by atoms with E-state index >= 15 is 0 Å². The van der Waals surface area contributed by atoms with Crippen LogP contribution in [0.4, 0.5) is 15.8 Å². The third-order valence-electron chi connectivity index (χ3n) is 7.99. The molecule has 0 bridgehead atoms. The number of piperazine rings is 1. The smallest absolute Gasteiger partial charge is 0.255 e. The summed E-state index contributed by atoms with van der Waals surface area (Å²) in [7, 11) is -4.00. The Hall–Kier alpha value is -4.29. The number of nitrogens with zero attached hydrogens (tertiary/aromatic N) is 3. The molecule has 1 amide bonds. The van der Waals surface area contributed by atoms with Gasteiger partial charge in [-0.1, -0.05) is 51.8 Å². The van der Waals surface area contributed by atoms with Crippen LogP contribution in [0.2, 0.25) is 5.02 Å². The second kappa shape index (κ2) is 12.1. The molecular weight excluding hydrogens is 695 g/mol. The number of aromatic nitrogens is 1. The lowest BCUT2D eigenvalue weighted by molar-refractivity contribution is 0.102. The molecule has 12 heteroatoms. The minimum absolute atomic E-state index is 0.0227. The highest BCUT2D eigenvalue weighted by Gasteiger charge is 2.31. The maximum Gasteiger partial charge on any atom is 0.255 e. The van der Waals surface area contributed by atoms with Crippen LogP contribution in [0.25, 0.3) is 33.3 Å². The number of sulfonamides is 1. The molecule has 46 heavy (non-hydrogen) atoms. The largest absolute Gasteiger partial charge is 0.436 e. The fourth-order valence-electron chi connectivity index (χ4n) is 5.60. The van der Waals surface area contributed by atoms with E-state index in [4.69, 9.17) is 16.0 Å². The molecule has 0 unspecified atom stereocenters. The molecule has 1 N–H and O–H groups in total. The minimum Gasteiger partial charge on any atom is -0.436 e. The topological polar surface area (TPSA) is 95.8 Å². The molecule has 0 atom stereocenters. The molecule has 0 aliphatic carbocycles. The van der Waals surface area contributed by atoms with Crippen molar-refractivity contribution in [3.8, 4) is 11.5 Å². The van der Waals surface area contributed by atoms with Gasteiger partial charge in [-0.3, -0.25) is 4.79 Å². The summed E-state index contributed by atoms with van der Waals surface area (Å²) in [6.07, 6.45) is 0. The number of hydrogen-bond acceptors (Lipinski definition) is 6. The molecule has 5 aromatic carbocycles. The predicted octanol–water partition coefficient (Wildman–Crippen LogP) is 7.97. The Bertz CT molecular complexity index is 2240. The summed E-state index contributed by atoms with van der Waals surface area (Å²) in [6.45, 7) is 1.27. The fourth-order valence-corrected chi connectivity index (χ4v) is 8.02. The van der Waals surface area contributed by atoms with Crippen LogP contribution < -0.4 is 10.2 Å². The third kappa shape index (κ3) is 5.75. The average molecular weight is 720 g/mol. The monoisotopic (exact) mass is 718 g/mol. The predicted molar refractivity (Wildman–Crippen MR) is 181 cm³/mol. The first-order valence-electron chi connectivity index (χ1n) is 14.4. The van der Waals surface area contributed by atoms with Gasteiger partial charge >= 0.3 is 0 Å². The number of oxazole rings is 1. The Morgan fingerprint density at radius 1 is 0.891 bits per heavy atom. The molecule has 0 saturated carbocycles. The molecule has 1 saturated heterocycles. The van der Waals surface area contributed by atoms with Crippen LogP contribution in [-0.4, -0.2) is 49.8 Å². The van der Waals surface area contributed by atoms with E-state index in [9.17, 15) is 17.6 Å². The highest BCUT2D eigenvalue weighted by atomic mass is 79.9. The van der Waals surface area contributed by atoms with Crippen molar-refractivity contribution in [3.05, 3.63) is 118 Å². The van der Waals surface area contributed by atoms with E-state index < -0.39 is 15.9 Å². The molecule has 7 rings (SSSR count). The molecule has 8 nitrogen and oxygen atoms in total. The van der Waals surface area contributed by atoms with E-state index in [2.05, 4.69) is 26.2 Å². The van der Waals surface area contributed by atoms with E-state index in [0.717, 1.165) is 26.5 Å². The van der Waals surface area contributed by atoms with Gasteiger partial charge in [-0.05, 0) is 83.6 Å². The Balaban J connectivity index is 1.09. The lowest BCUT2D eigenvalue weighted by Gasteiger charge is -2.35. The van der Waals surface area contributed by atoms with Crippen molar-refractivity contribution in [2.45, 2.75) is 4.90 Å². The molecule has 0 spiro atoms. The van der Waals surface area contributed by atoms with Gasteiger partial charge < -0.3 is 14.6 Å². The molecule has 1 aliphatic heterocycles. The first-order valence-corrected chi connectivity index (χ1v) is 17.0. The van der Waals surface area contributed by atoms with Gasteiger partial charge in [0.1, 0.15) is 16.2 Å². The van der Waals surface area contributed by atoms with E-state index in [0.29, 0.717) is 35.8 Å². The zero-order valence-corrected chi connectivity index (χ0v) is 27.2. The number of rotatable bonds is 6. The molecular formula is C34H25BrClFN4O4S. The zero-order chi connectivity index (χ0) is 32.0. The van der Waals surface area contributed by atoms with Crippen LogP contribution in [0, 0.1) is 5.82 Å². The second-order valence-corrected chi connectivity index (χ2v) is 14.0. The van der Waals surface area contributed by atoms with Crippen LogP contribution in [0.1, 0.15) is 10.4 Å². The van der Waals surface area contributed by atoms with E-state index in [-0.39, 0.29) is 34.4 Å². The van der Waals surface area contributed by atoms with Crippen LogP contribution in [-0.2, 0) is 10.0 Å². The van der Waals surface area contributed by atoms with Crippen molar-refractivity contribution >= 4 is 76.7 Å². The number of benzene rings is 5. The Labute approximate surface area is 277 Å². The lowest BCUT2D eigenvalue weighted by atomic mass is 10.0. The average Bonchev–Trinajstić information content (AvgIpc) is 3.48. The fraction of sp³-hybridized carbons (Fsp3) is 0.118. The number of halogens is 3. The number of carbonyl (C=O) groups is 1.